The third-order valence-corrected chi connectivity index (χ3v) is 7.70. The molecule has 2 aromatic rings. The zero-order chi connectivity index (χ0) is 28.5. The van der Waals surface area contributed by atoms with Crippen molar-refractivity contribution in [3.63, 3.8) is 0 Å². The van der Waals surface area contributed by atoms with Crippen molar-refractivity contribution < 1.29 is 9.90 Å². The number of thiocarbonyl (C=S) groups is 1. The number of benzene rings is 2. The van der Waals surface area contributed by atoms with Gasteiger partial charge < -0.3 is 20.2 Å². The number of carbonyl (C=O) groups excluding carboxylic acids is 1. The Balaban J connectivity index is 1.42. The van der Waals surface area contributed by atoms with E-state index in [9.17, 15) is 9.90 Å². The zero-order valence-electron chi connectivity index (χ0n) is 23.9. The first kappa shape index (κ1) is 28.6. The number of aromatic hydroxyl groups is 1. The van der Waals surface area contributed by atoms with Crippen molar-refractivity contribution in [2.75, 3.05) is 36.4 Å². The minimum Gasteiger partial charge on any atom is -0.507 e. The van der Waals surface area contributed by atoms with E-state index in [0.29, 0.717) is 36.7 Å². The highest BCUT2D eigenvalue weighted by molar-refractivity contribution is 7.81. The highest BCUT2D eigenvalue weighted by atomic mass is 32.1. The van der Waals surface area contributed by atoms with Gasteiger partial charge in [-0.05, 0) is 47.2 Å². The topological polar surface area (TPSA) is 79.7 Å². The van der Waals surface area contributed by atoms with Crippen LogP contribution in [0.1, 0.15) is 69.4 Å². The number of carbonyl (C=O) groups is 1. The first-order valence-electron chi connectivity index (χ1n) is 13.5. The second kappa shape index (κ2) is 11.0. The lowest BCUT2D eigenvalue weighted by Gasteiger charge is -2.36. The summed E-state index contributed by atoms with van der Waals surface area (Å²) in [7, 11) is 0. The molecular formula is C32H40N4O2S. The molecule has 1 aliphatic heterocycles. The third-order valence-electron chi connectivity index (χ3n) is 7.31. The molecule has 0 saturated carbocycles. The maximum Gasteiger partial charge on any atom is 0.253 e. The van der Waals surface area contributed by atoms with Gasteiger partial charge in [0.05, 0.1) is 0 Å². The van der Waals surface area contributed by atoms with E-state index in [1.165, 1.54) is 0 Å². The van der Waals surface area contributed by atoms with Gasteiger partial charge in [-0.15, -0.1) is 0 Å². The van der Waals surface area contributed by atoms with Gasteiger partial charge in [0.15, 0.2) is 0 Å². The predicted molar refractivity (Wildman–Crippen MR) is 166 cm³/mol. The van der Waals surface area contributed by atoms with Crippen molar-refractivity contribution in [2.24, 2.45) is 0 Å². The van der Waals surface area contributed by atoms with Crippen molar-refractivity contribution in [1.82, 2.24) is 4.90 Å². The molecule has 0 aromatic heterocycles. The Morgan fingerprint density at radius 2 is 1.51 bits per heavy atom. The molecule has 1 saturated heterocycles. The average molecular weight is 545 g/mol. The summed E-state index contributed by atoms with van der Waals surface area (Å²) in [6.07, 6.45) is 6.50. The lowest BCUT2D eigenvalue weighted by molar-refractivity contribution is 0.0746. The molecule has 6 nitrogen and oxygen atoms in total. The monoisotopic (exact) mass is 544 g/mol. The van der Waals surface area contributed by atoms with Crippen molar-refractivity contribution in [3.8, 4) is 5.75 Å². The standard InChI is InChI=1S/C32H40N4O2S/c1-31(2,3)25-19-21(20-26(28(25)37)32(4,5)6)30(38)36-17-15-35(16-18-36)23-13-11-22(12-14-23)34-29(33)24-9-7-8-10-27(24)39/h7-9,11-14,19-20,37H,10,15-18H2,1-6H3,(H2,33,34). The minimum atomic E-state index is -0.283. The fourth-order valence-corrected chi connectivity index (χ4v) is 5.25. The maximum atomic E-state index is 13.6. The van der Waals surface area contributed by atoms with Crippen LogP contribution in [0, 0.1) is 5.41 Å². The molecular weight excluding hydrogens is 504 g/mol. The Labute approximate surface area is 237 Å². The van der Waals surface area contributed by atoms with Gasteiger partial charge in [-0.25, -0.2) is 0 Å². The summed E-state index contributed by atoms with van der Waals surface area (Å²) in [5.41, 5.74) is 4.36. The fraction of sp³-hybridized carbons (Fsp3) is 0.406. The van der Waals surface area contributed by atoms with Crippen molar-refractivity contribution >= 4 is 40.2 Å². The van der Waals surface area contributed by atoms with Gasteiger partial charge in [0.1, 0.15) is 11.6 Å². The Kier molecular flexibility index (Phi) is 8.03. The van der Waals surface area contributed by atoms with Crippen LogP contribution in [0.2, 0.25) is 0 Å². The molecule has 1 heterocycles. The molecule has 2 aromatic carbocycles. The van der Waals surface area contributed by atoms with Gasteiger partial charge >= 0.3 is 0 Å². The van der Waals surface area contributed by atoms with Crippen molar-refractivity contribution in [1.29, 1.82) is 5.41 Å². The number of anilines is 2. The highest BCUT2D eigenvalue weighted by Crippen LogP contribution is 2.40. The second-order valence-electron chi connectivity index (χ2n) is 12.4. The molecule has 0 radical (unpaired) electrons. The quantitative estimate of drug-likeness (QED) is 0.230. The molecule has 1 fully saturated rings. The van der Waals surface area contributed by atoms with Gasteiger partial charge in [-0.2, -0.15) is 0 Å². The summed E-state index contributed by atoms with van der Waals surface area (Å²) in [6, 6.07) is 11.8. The molecule has 3 N–H and O–H groups in total. The van der Waals surface area contributed by atoms with Crippen LogP contribution in [-0.4, -0.2) is 52.8 Å². The number of allylic oxidation sites excluding steroid dienone is 3. The molecule has 1 amide bonds. The molecule has 1 aliphatic carbocycles. The lowest BCUT2D eigenvalue weighted by atomic mass is 9.78. The summed E-state index contributed by atoms with van der Waals surface area (Å²) in [4.78, 5) is 18.6. The van der Waals surface area contributed by atoms with Crippen molar-refractivity contribution in [3.05, 3.63) is 76.9 Å². The maximum absolute atomic E-state index is 13.6. The van der Waals surface area contributed by atoms with Crippen LogP contribution in [0.15, 0.2) is 60.2 Å². The third kappa shape index (κ3) is 6.41. The van der Waals surface area contributed by atoms with Gasteiger partial charge in [-0.3, -0.25) is 10.2 Å². The summed E-state index contributed by atoms with van der Waals surface area (Å²) in [5.74, 6) is 0.607. The predicted octanol–water partition coefficient (Wildman–Crippen LogP) is 6.59. The number of hydrogen-bond acceptors (Lipinski definition) is 5. The number of nitrogens with zero attached hydrogens (tertiary/aromatic N) is 2. The molecule has 2 aliphatic rings. The van der Waals surface area contributed by atoms with Crippen LogP contribution in [0.5, 0.6) is 5.75 Å². The number of phenolic OH excluding ortho intramolecular Hbond substituents is 1. The number of amidine groups is 1. The highest BCUT2D eigenvalue weighted by Gasteiger charge is 2.30. The van der Waals surface area contributed by atoms with E-state index < -0.39 is 0 Å². The number of piperazine rings is 1. The van der Waals surface area contributed by atoms with Crippen LogP contribution in [0.25, 0.3) is 0 Å². The van der Waals surface area contributed by atoms with Crippen molar-refractivity contribution in [2.45, 2.75) is 58.8 Å². The first-order chi connectivity index (χ1) is 18.3. The Morgan fingerprint density at radius 3 is 2.03 bits per heavy atom. The van der Waals surface area contributed by atoms with Gasteiger partial charge in [-0.1, -0.05) is 72.0 Å². The fourth-order valence-electron chi connectivity index (χ4n) is 4.98. The molecule has 206 valence electrons. The molecule has 7 heteroatoms. The van der Waals surface area contributed by atoms with Crippen LogP contribution < -0.4 is 10.2 Å². The molecule has 0 bridgehead atoms. The zero-order valence-corrected chi connectivity index (χ0v) is 24.7. The van der Waals surface area contributed by atoms with E-state index in [-0.39, 0.29) is 16.7 Å². The first-order valence-corrected chi connectivity index (χ1v) is 13.9. The van der Waals surface area contributed by atoms with E-state index in [0.717, 1.165) is 46.0 Å². The summed E-state index contributed by atoms with van der Waals surface area (Å²) < 4.78 is 0. The van der Waals surface area contributed by atoms with Crippen LogP contribution in [-0.2, 0) is 10.8 Å². The second-order valence-corrected chi connectivity index (χ2v) is 12.9. The normalized spacial score (nSPS) is 16.3. The molecule has 4 rings (SSSR count). The summed E-state index contributed by atoms with van der Waals surface area (Å²) >= 11 is 5.39. The molecule has 0 atom stereocenters. The summed E-state index contributed by atoms with van der Waals surface area (Å²) in [5, 5.41) is 22.6. The molecule has 39 heavy (non-hydrogen) atoms. The van der Waals surface area contributed by atoms with E-state index >= 15 is 0 Å². The van der Waals surface area contributed by atoms with Crippen LogP contribution in [0.4, 0.5) is 11.4 Å². The number of hydrogen-bond donors (Lipinski definition) is 3. The minimum absolute atomic E-state index is 0.00786. The summed E-state index contributed by atoms with van der Waals surface area (Å²) in [6.45, 7) is 15.1. The van der Waals surface area contributed by atoms with Gasteiger partial charge in [0, 0.05) is 71.1 Å². The van der Waals surface area contributed by atoms with E-state index in [4.69, 9.17) is 17.6 Å². The Morgan fingerprint density at radius 1 is 0.949 bits per heavy atom. The van der Waals surface area contributed by atoms with Crippen LogP contribution >= 0.6 is 12.2 Å². The Hall–Kier alpha value is -3.45. The number of phenols is 1. The van der Waals surface area contributed by atoms with E-state index in [1.54, 1.807) is 0 Å². The SMILES string of the molecule is CC(C)(C)c1cc(C(=O)N2CCN(c3ccc(NC(=N)C4=CC=CCC4=S)cc3)CC2)cc(C(C)(C)C)c1O. The number of amides is 1. The van der Waals surface area contributed by atoms with Gasteiger partial charge in [0.2, 0.25) is 0 Å². The molecule has 0 unspecified atom stereocenters. The number of nitrogens with one attached hydrogen (secondary N) is 2. The van der Waals surface area contributed by atoms with Crippen LogP contribution in [0.3, 0.4) is 0 Å². The molecule has 0 spiro atoms. The lowest BCUT2D eigenvalue weighted by Crippen LogP contribution is -2.48. The smallest absolute Gasteiger partial charge is 0.253 e. The number of rotatable bonds is 4. The average Bonchev–Trinajstić information content (AvgIpc) is 2.88. The largest absolute Gasteiger partial charge is 0.507 e. The van der Waals surface area contributed by atoms with Gasteiger partial charge in [0.25, 0.3) is 5.91 Å². The van der Waals surface area contributed by atoms with E-state index in [2.05, 4.69) is 51.8 Å². The Bertz CT molecular complexity index is 1300. The van der Waals surface area contributed by atoms with E-state index in [1.807, 2.05) is 59.5 Å².